The topological polar surface area (TPSA) is 125 Å². The van der Waals surface area contributed by atoms with Crippen molar-refractivity contribution in [2.75, 3.05) is 5.32 Å². The molecule has 19 heavy (non-hydrogen) atoms. The lowest BCUT2D eigenvalue weighted by Gasteiger charge is -2.03. The number of carboxylic acid groups (broad SMARTS) is 1. The van der Waals surface area contributed by atoms with Crippen LogP contribution in [-0.2, 0) is 0 Å². The number of aromatic nitrogens is 3. The number of aromatic carboxylic acids is 1. The van der Waals surface area contributed by atoms with E-state index in [9.17, 15) is 14.4 Å². The minimum Gasteiger partial charge on any atom is -0.477 e. The molecule has 96 valence electrons. The predicted octanol–water partition coefficient (Wildman–Crippen LogP) is 0.115. The summed E-state index contributed by atoms with van der Waals surface area (Å²) in [4.78, 5) is 36.7. The normalized spacial score (nSPS) is 9.89. The Hall–Kier alpha value is -3.03. The standard InChI is InChI=1S/C11H8N4O4/c16-9-4-3-8(14-15-9)13-10(17)6-1-2-7(11(18)19)12-5-6/h1-5H,(H,15,16)(H,18,19)(H,13,14,17). The number of carbonyl (C=O) groups excluding carboxylic acids is 1. The molecule has 2 heterocycles. The van der Waals surface area contributed by atoms with Crippen LogP contribution in [0.3, 0.4) is 0 Å². The van der Waals surface area contributed by atoms with Gasteiger partial charge in [0.2, 0.25) is 0 Å². The maximum atomic E-state index is 11.7. The molecule has 8 heteroatoms. The second-order valence-corrected chi connectivity index (χ2v) is 3.50. The lowest BCUT2D eigenvalue weighted by Crippen LogP contribution is -2.16. The summed E-state index contributed by atoms with van der Waals surface area (Å²) in [5.41, 5.74) is -0.359. The zero-order valence-electron chi connectivity index (χ0n) is 9.45. The van der Waals surface area contributed by atoms with Gasteiger partial charge in [-0.3, -0.25) is 9.59 Å². The van der Waals surface area contributed by atoms with E-state index in [1.54, 1.807) is 0 Å². The molecule has 0 bridgehead atoms. The SMILES string of the molecule is O=C(Nc1ccc(=O)[nH]n1)c1ccc(C(=O)O)nc1. The summed E-state index contributed by atoms with van der Waals surface area (Å²) in [6, 6.07) is 5.11. The molecule has 0 saturated heterocycles. The van der Waals surface area contributed by atoms with Gasteiger partial charge in [-0.1, -0.05) is 0 Å². The number of anilines is 1. The molecular formula is C11H8N4O4. The molecule has 0 fully saturated rings. The quantitative estimate of drug-likeness (QED) is 0.719. The van der Waals surface area contributed by atoms with E-state index in [0.717, 1.165) is 6.20 Å². The fourth-order valence-electron chi connectivity index (χ4n) is 1.26. The number of carbonyl (C=O) groups is 2. The van der Waals surface area contributed by atoms with Crippen molar-refractivity contribution in [1.82, 2.24) is 15.2 Å². The fourth-order valence-corrected chi connectivity index (χ4v) is 1.26. The van der Waals surface area contributed by atoms with E-state index in [1.165, 1.54) is 24.3 Å². The van der Waals surface area contributed by atoms with Crippen LogP contribution in [0.4, 0.5) is 5.82 Å². The highest BCUT2D eigenvalue weighted by molar-refractivity contribution is 6.03. The lowest BCUT2D eigenvalue weighted by molar-refractivity contribution is 0.0690. The third kappa shape index (κ3) is 3.00. The smallest absolute Gasteiger partial charge is 0.354 e. The molecule has 2 rings (SSSR count). The Kier molecular flexibility index (Phi) is 3.33. The Morgan fingerprint density at radius 1 is 1.21 bits per heavy atom. The van der Waals surface area contributed by atoms with Gasteiger partial charge in [-0.05, 0) is 18.2 Å². The number of hydrogen-bond donors (Lipinski definition) is 3. The summed E-state index contributed by atoms with van der Waals surface area (Å²) in [6.07, 6.45) is 1.14. The lowest BCUT2D eigenvalue weighted by atomic mass is 10.2. The third-order valence-electron chi connectivity index (χ3n) is 2.17. The summed E-state index contributed by atoms with van der Waals surface area (Å²) in [7, 11) is 0. The predicted molar refractivity (Wildman–Crippen MR) is 64.0 cm³/mol. The summed E-state index contributed by atoms with van der Waals surface area (Å²) in [5, 5.41) is 16.9. The van der Waals surface area contributed by atoms with E-state index in [4.69, 9.17) is 5.11 Å². The Labute approximate surface area is 106 Å². The number of aromatic amines is 1. The van der Waals surface area contributed by atoms with Crippen LogP contribution in [0.25, 0.3) is 0 Å². The first-order valence-corrected chi connectivity index (χ1v) is 5.13. The Balaban J connectivity index is 2.13. The first-order chi connectivity index (χ1) is 9.06. The van der Waals surface area contributed by atoms with Crippen LogP contribution in [-0.4, -0.2) is 32.2 Å². The molecule has 0 aliphatic heterocycles. The molecule has 3 N–H and O–H groups in total. The molecule has 0 saturated carbocycles. The summed E-state index contributed by atoms with van der Waals surface area (Å²) in [6.45, 7) is 0. The molecule has 0 aliphatic carbocycles. The molecule has 0 spiro atoms. The van der Waals surface area contributed by atoms with E-state index >= 15 is 0 Å². The molecule has 0 aromatic carbocycles. The van der Waals surface area contributed by atoms with Gasteiger partial charge in [0.1, 0.15) is 5.69 Å². The van der Waals surface area contributed by atoms with Crippen LogP contribution in [0.2, 0.25) is 0 Å². The van der Waals surface area contributed by atoms with Gasteiger partial charge in [0.25, 0.3) is 11.5 Å². The van der Waals surface area contributed by atoms with Gasteiger partial charge < -0.3 is 10.4 Å². The van der Waals surface area contributed by atoms with Crippen molar-refractivity contribution in [2.45, 2.75) is 0 Å². The zero-order chi connectivity index (χ0) is 13.8. The van der Waals surface area contributed by atoms with Crippen molar-refractivity contribution in [3.05, 3.63) is 52.1 Å². The van der Waals surface area contributed by atoms with E-state index in [-0.39, 0.29) is 22.6 Å². The van der Waals surface area contributed by atoms with Gasteiger partial charge in [-0.15, -0.1) is 0 Å². The maximum absolute atomic E-state index is 11.7. The zero-order valence-corrected chi connectivity index (χ0v) is 9.45. The molecule has 0 unspecified atom stereocenters. The second-order valence-electron chi connectivity index (χ2n) is 3.50. The number of carboxylic acids is 1. The van der Waals surface area contributed by atoms with Crippen molar-refractivity contribution in [3.63, 3.8) is 0 Å². The third-order valence-corrected chi connectivity index (χ3v) is 2.17. The van der Waals surface area contributed by atoms with Crippen molar-refractivity contribution in [3.8, 4) is 0 Å². The van der Waals surface area contributed by atoms with Gasteiger partial charge in [0.05, 0.1) is 5.56 Å². The van der Waals surface area contributed by atoms with Crippen LogP contribution in [0.5, 0.6) is 0 Å². The molecule has 0 atom stereocenters. The summed E-state index contributed by atoms with van der Waals surface area (Å²) < 4.78 is 0. The van der Waals surface area contributed by atoms with Gasteiger partial charge in [-0.2, -0.15) is 5.10 Å². The number of pyridine rings is 1. The van der Waals surface area contributed by atoms with E-state index in [2.05, 4.69) is 20.5 Å². The van der Waals surface area contributed by atoms with Gasteiger partial charge in [-0.25, -0.2) is 14.9 Å². The first-order valence-electron chi connectivity index (χ1n) is 5.13. The highest BCUT2D eigenvalue weighted by atomic mass is 16.4. The number of nitrogens with zero attached hydrogens (tertiary/aromatic N) is 2. The van der Waals surface area contributed by atoms with Crippen LogP contribution in [0, 0.1) is 0 Å². The molecule has 2 aromatic heterocycles. The maximum Gasteiger partial charge on any atom is 0.354 e. The van der Waals surface area contributed by atoms with E-state index in [1.807, 2.05) is 0 Å². The van der Waals surface area contributed by atoms with Gasteiger partial charge in [0.15, 0.2) is 5.82 Å². The number of hydrogen-bond acceptors (Lipinski definition) is 5. The van der Waals surface area contributed by atoms with Crippen LogP contribution in [0.15, 0.2) is 35.3 Å². The van der Waals surface area contributed by atoms with Crippen molar-refractivity contribution < 1.29 is 14.7 Å². The molecular weight excluding hydrogens is 252 g/mol. The molecule has 1 amide bonds. The van der Waals surface area contributed by atoms with Crippen LogP contribution >= 0.6 is 0 Å². The number of H-pyrrole nitrogens is 1. The summed E-state index contributed by atoms with van der Waals surface area (Å²) >= 11 is 0. The van der Waals surface area contributed by atoms with E-state index < -0.39 is 11.9 Å². The Morgan fingerprint density at radius 3 is 2.53 bits per heavy atom. The Morgan fingerprint density at radius 2 is 2.00 bits per heavy atom. The minimum atomic E-state index is -1.17. The fraction of sp³-hybridized carbons (Fsp3) is 0. The molecule has 0 radical (unpaired) electrons. The van der Waals surface area contributed by atoms with Crippen LogP contribution < -0.4 is 10.9 Å². The van der Waals surface area contributed by atoms with Gasteiger partial charge in [0, 0.05) is 12.3 Å². The van der Waals surface area contributed by atoms with Crippen molar-refractivity contribution in [1.29, 1.82) is 0 Å². The summed E-state index contributed by atoms with van der Waals surface area (Å²) in [5.74, 6) is -1.51. The molecule has 8 nitrogen and oxygen atoms in total. The monoisotopic (exact) mass is 260 g/mol. The highest BCUT2D eigenvalue weighted by Crippen LogP contribution is 2.04. The minimum absolute atomic E-state index is 0.154. The number of amides is 1. The largest absolute Gasteiger partial charge is 0.477 e. The molecule has 0 aliphatic rings. The highest BCUT2D eigenvalue weighted by Gasteiger charge is 2.09. The average molecular weight is 260 g/mol. The van der Waals surface area contributed by atoms with Crippen molar-refractivity contribution >= 4 is 17.7 Å². The first kappa shape index (κ1) is 12.4. The second kappa shape index (κ2) is 5.08. The number of nitrogens with one attached hydrogen (secondary N) is 2. The van der Waals surface area contributed by atoms with Gasteiger partial charge >= 0.3 is 5.97 Å². The molecule has 2 aromatic rings. The van der Waals surface area contributed by atoms with Crippen LogP contribution in [0.1, 0.15) is 20.8 Å². The number of rotatable bonds is 3. The van der Waals surface area contributed by atoms with E-state index in [0.29, 0.717) is 0 Å². The average Bonchev–Trinajstić information content (AvgIpc) is 2.41. The Bertz CT molecular complexity index is 657. The van der Waals surface area contributed by atoms with Crippen molar-refractivity contribution in [2.24, 2.45) is 0 Å².